The first-order valence-corrected chi connectivity index (χ1v) is 20.4. The second kappa shape index (κ2) is 19.9. The molecule has 1 aliphatic rings. The van der Waals surface area contributed by atoms with Gasteiger partial charge >= 0.3 is 17.9 Å². The van der Waals surface area contributed by atoms with Gasteiger partial charge in [0.15, 0.2) is 6.10 Å². The average Bonchev–Trinajstić information content (AvgIpc) is 3.34. The molecule has 0 spiro atoms. The molecule has 1 fully saturated rings. The summed E-state index contributed by atoms with van der Waals surface area (Å²) in [5.74, 6) is -2.22. The molecule has 7 aromatic carbocycles. The van der Waals surface area contributed by atoms with Crippen LogP contribution in [0.5, 0.6) is 0 Å². The molecule has 1 aliphatic heterocycles. The topological polar surface area (TPSA) is 107 Å². The van der Waals surface area contributed by atoms with E-state index in [9.17, 15) is 14.4 Å². The van der Waals surface area contributed by atoms with Gasteiger partial charge in [-0.05, 0) is 58.7 Å². The maximum atomic E-state index is 14.2. The lowest BCUT2D eigenvalue weighted by Crippen LogP contribution is -2.63. The summed E-state index contributed by atoms with van der Waals surface area (Å²) in [4.78, 5) is 42.1. The highest BCUT2D eigenvalue weighted by Crippen LogP contribution is 2.42. The zero-order chi connectivity index (χ0) is 42.6. The van der Waals surface area contributed by atoms with Crippen LogP contribution in [-0.2, 0) is 40.6 Å². The Kier molecular flexibility index (Phi) is 13.4. The molecule has 0 radical (unpaired) electrons. The van der Waals surface area contributed by atoms with Crippen LogP contribution in [0.15, 0.2) is 212 Å². The van der Waals surface area contributed by atoms with E-state index >= 15 is 0 Å². The van der Waals surface area contributed by atoms with E-state index in [0.29, 0.717) is 0 Å². The number of carbonyl (C=O) groups is 3. The highest BCUT2D eigenvalue weighted by molar-refractivity contribution is 5.91. The lowest BCUT2D eigenvalue weighted by molar-refractivity contribution is -0.297. The molecule has 7 aromatic rings. The van der Waals surface area contributed by atoms with Crippen molar-refractivity contribution in [1.29, 1.82) is 0 Å². The monoisotopic (exact) mass is 824 g/mol. The molecule has 0 saturated carbocycles. The van der Waals surface area contributed by atoms with E-state index in [-0.39, 0.29) is 29.9 Å². The molecular formula is C53H44O9. The zero-order valence-electron chi connectivity index (χ0n) is 33.7. The van der Waals surface area contributed by atoms with Crippen molar-refractivity contribution in [2.24, 2.45) is 0 Å². The maximum Gasteiger partial charge on any atom is 0.340 e. The third kappa shape index (κ3) is 9.56. The summed E-state index contributed by atoms with van der Waals surface area (Å²) in [7, 11) is 0. The normalized spacial score (nSPS) is 18.5. The summed E-state index contributed by atoms with van der Waals surface area (Å²) in [5.41, 5.74) is 2.84. The van der Waals surface area contributed by atoms with Crippen molar-refractivity contribution < 1.29 is 42.8 Å². The number of ether oxygens (including phenoxy) is 6. The van der Waals surface area contributed by atoms with Gasteiger partial charge < -0.3 is 28.4 Å². The number of esters is 3. The van der Waals surface area contributed by atoms with Gasteiger partial charge in [0.1, 0.15) is 17.8 Å². The molecule has 0 aromatic heterocycles. The molecule has 310 valence electrons. The third-order valence-electron chi connectivity index (χ3n) is 10.6. The fourth-order valence-electron chi connectivity index (χ4n) is 7.59. The Morgan fingerprint density at radius 3 is 1.19 bits per heavy atom. The number of hydrogen-bond donors (Lipinski definition) is 0. The van der Waals surface area contributed by atoms with E-state index in [2.05, 4.69) is 0 Å². The van der Waals surface area contributed by atoms with E-state index in [1.54, 1.807) is 91.0 Å². The van der Waals surface area contributed by atoms with Crippen LogP contribution in [0.4, 0.5) is 0 Å². The predicted octanol–water partition coefficient (Wildman–Crippen LogP) is 9.61. The Labute approximate surface area is 360 Å². The van der Waals surface area contributed by atoms with Crippen molar-refractivity contribution in [3.05, 3.63) is 251 Å². The van der Waals surface area contributed by atoms with Crippen molar-refractivity contribution in [2.45, 2.75) is 42.9 Å². The molecular weight excluding hydrogens is 781 g/mol. The Bertz CT molecular complexity index is 2390. The maximum absolute atomic E-state index is 14.2. The van der Waals surface area contributed by atoms with Crippen LogP contribution in [0.25, 0.3) is 0 Å². The minimum Gasteiger partial charge on any atom is -0.452 e. The van der Waals surface area contributed by atoms with Crippen LogP contribution in [0.1, 0.15) is 53.3 Å². The first-order chi connectivity index (χ1) is 30.5. The van der Waals surface area contributed by atoms with Gasteiger partial charge in [-0.3, -0.25) is 0 Å². The second-order valence-corrected chi connectivity index (χ2v) is 14.6. The van der Waals surface area contributed by atoms with Crippen LogP contribution < -0.4 is 0 Å². The van der Waals surface area contributed by atoms with E-state index in [0.717, 1.165) is 22.3 Å². The molecule has 0 N–H and O–H groups in total. The van der Waals surface area contributed by atoms with Gasteiger partial charge in [-0.1, -0.05) is 176 Å². The molecule has 0 amide bonds. The molecule has 0 unspecified atom stereocenters. The van der Waals surface area contributed by atoms with E-state index in [4.69, 9.17) is 28.4 Å². The van der Waals surface area contributed by atoms with Gasteiger partial charge in [0.25, 0.3) is 0 Å². The predicted molar refractivity (Wildman–Crippen MR) is 232 cm³/mol. The minimum atomic E-state index is -1.60. The molecule has 5 atom stereocenters. The van der Waals surface area contributed by atoms with Gasteiger partial charge in [0, 0.05) is 0 Å². The van der Waals surface area contributed by atoms with Gasteiger partial charge in [-0.15, -0.1) is 0 Å². The summed E-state index contributed by atoms with van der Waals surface area (Å²) in [6, 6.07) is 64.2. The molecule has 62 heavy (non-hydrogen) atoms. The SMILES string of the molecule is O=C(O[C@@H]1O[C@H](COC(c2ccccc2)(c2ccccc2)c2ccccc2)[C@@H](OCc2ccccc2)[C@H](OC(=O)c2ccccc2)[C@H]1OC(=O)c1ccccc1)c1ccccc1. The number of benzene rings is 7. The summed E-state index contributed by atoms with van der Waals surface area (Å²) in [6.07, 6.45) is -6.75. The Balaban J connectivity index is 1.25. The van der Waals surface area contributed by atoms with E-state index in [1.807, 2.05) is 121 Å². The molecule has 1 heterocycles. The van der Waals surface area contributed by atoms with Crippen LogP contribution in [0.3, 0.4) is 0 Å². The van der Waals surface area contributed by atoms with Crippen LogP contribution in [0, 0.1) is 0 Å². The summed E-state index contributed by atoms with van der Waals surface area (Å²) < 4.78 is 39.6. The molecule has 1 saturated heterocycles. The number of hydrogen-bond acceptors (Lipinski definition) is 9. The largest absolute Gasteiger partial charge is 0.452 e. The zero-order valence-corrected chi connectivity index (χ0v) is 33.7. The average molecular weight is 825 g/mol. The summed E-state index contributed by atoms with van der Waals surface area (Å²) >= 11 is 0. The van der Waals surface area contributed by atoms with Gasteiger partial charge in [0.2, 0.25) is 12.4 Å². The van der Waals surface area contributed by atoms with Crippen molar-refractivity contribution in [3.63, 3.8) is 0 Å². The van der Waals surface area contributed by atoms with Gasteiger partial charge in [-0.25, -0.2) is 14.4 Å². The van der Waals surface area contributed by atoms with Gasteiger partial charge in [-0.2, -0.15) is 0 Å². The van der Waals surface area contributed by atoms with Crippen molar-refractivity contribution in [3.8, 4) is 0 Å². The smallest absolute Gasteiger partial charge is 0.340 e. The Morgan fingerprint density at radius 2 is 0.774 bits per heavy atom. The summed E-state index contributed by atoms with van der Waals surface area (Å²) in [5, 5.41) is 0. The minimum absolute atomic E-state index is 0.0553. The van der Waals surface area contributed by atoms with Crippen LogP contribution in [0.2, 0.25) is 0 Å². The van der Waals surface area contributed by atoms with E-state index < -0.39 is 54.2 Å². The number of rotatable bonds is 15. The quantitative estimate of drug-likeness (QED) is 0.0568. The fourth-order valence-corrected chi connectivity index (χ4v) is 7.59. The lowest BCUT2D eigenvalue weighted by atomic mass is 9.80. The second-order valence-electron chi connectivity index (χ2n) is 14.6. The van der Waals surface area contributed by atoms with Crippen molar-refractivity contribution in [2.75, 3.05) is 6.61 Å². The standard InChI is InChI=1S/C53H44O9/c54-49(39-24-10-2-11-25-39)60-47-46(57-36-38-22-8-1-9-23-38)45(37-58-53(42-30-16-5-17-31-42,43-32-18-6-19-33-43)44-34-20-7-21-35-44)59-52(62-51(56)41-28-14-4-15-29-41)48(47)61-50(55)40-26-12-3-13-27-40/h1-35,45-48,52H,36-37H2/t45-,46-,47+,48-,52+/m1/s1. The molecule has 9 heteroatoms. The first-order valence-electron chi connectivity index (χ1n) is 20.4. The number of carbonyl (C=O) groups excluding carboxylic acids is 3. The molecule has 0 bridgehead atoms. The third-order valence-corrected chi connectivity index (χ3v) is 10.6. The highest BCUT2D eigenvalue weighted by atomic mass is 16.7. The van der Waals surface area contributed by atoms with Crippen LogP contribution >= 0.6 is 0 Å². The van der Waals surface area contributed by atoms with E-state index in [1.165, 1.54) is 0 Å². The summed E-state index contributed by atoms with van der Waals surface area (Å²) in [6.45, 7) is -0.129. The Hall–Kier alpha value is -7.17. The Morgan fingerprint density at radius 1 is 0.419 bits per heavy atom. The highest BCUT2D eigenvalue weighted by Gasteiger charge is 2.54. The fraction of sp³-hybridized carbons (Fsp3) is 0.151. The van der Waals surface area contributed by atoms with Gasteiger partial charge in [0.05, 0.1) is 29.9 Å². The van der Waals surface area contributed by atoms with Crippen molar-refractivity contribution in [1.82, 2.24) is 0 Å². The molecule has 8 rings (SSSR count). The molecule has 0 aliphatic carbocycles. The lowest BCUT2D eigenvalue weighted by Gasteiger charge is -2.45. The van der Waals surface area contributed by atoms with Crippen molar-refractivity contribution >= 4 is 17.9 Å². The van der Waals surface area contributed by atoms with Crippen LogP contribution in [-0.4, -0.2) is 55.2 Å². The first kappa shape index (κ1) is 41.6. The molecule has 9 nitrogen and oxygen atoms in total.